The molecule has 0 aliphatic heterocycles. The molecule has 0 heterocycles. The third-order valence-corrected chi connectivity index (χ3v) is 7.38. The Hall–Kier alpha value is -1.05. The molecule has 0 amide bonds. The maximum absolute atomic E-state index is 12.0. The van der Waals surface area contributed by atoms with Crippen LogP contribution in [0.5, 0.6) is 0 Å². The third-order valence-electron chi connectivity index (χ3n) is 7.38. The Labute approximate surface area is 134 Å². The minimum absolute atomic E-state index is 0.139. The van der Waals surface area contributed by atoms with Gasteiger partial charge in [-0.05, 0) is 62.7 Å². The summed E-state index contributed by atoms with van der Waals surface area (Å²) < 4.78 is 0. The van der Waals surface area contributed by atoms with E-state index in [1.54, 1.807) is 5.57 Å². The van der Waals surface area contributed by atoms with Crippen molar-refractivity contribution < 1.29 is 9.90 Å². The molecule has 0 saturated heterocycles. The standard InChI is InChI=1S/C20H30O2/c1-5-18(2)12-9-15-14(13-18)7-8-16-19(15,3)10-6-11-20(16,4)17(21)22/h5,13,15-16H,1,6-12H2,2-4H3,(H,21,22)/t15?,16?,18-,19?,20-/m1/s1. The molecule has 22 heavy (non-hydrogen) atoms. The Morgan fingerprint density at radius 1 is 1.27 bits per heavy atom. The third kappa shape index (κ3) is 2.10. The summed E-state index contributed by atoms with van der Waals surface area (Å²) in [4.78, 5) is 12.0. The van der Waals surface area contributed by atoms with Crippen molar-refractivity contribution in [1.82, 2.24) is 0 Å². The fourth-order valence-corrected chi connectivity index (χ4v) is 5.94. The van der Waals surface area contributed by atoms with Crippen molar-refractivity contribution >= 4 is 5.97 Å². The molecule has 3 aliphatic carbocycles. The molecule has 2 saturated carbocycles. The van der Waals surface area contributed by atoms with E-state index in [1.165, 1.54) is 12.8 Å². The number of carboxylic acids is 1. The van der Waals surface area contributed by atoms with Gasteiger partial charge in [-0.2, -0.15) is 0 Å². The lowest BCUT2D eigenvalue weighted by Gasteiger charge is -2.59. The molecule has 0 aromatic carbocycles. The molecular formula is C20H30O2. The van der Waals surface area contributed by atoms with Crippen LogP contribution >= 0.6 is 0 Å². The van der Waals surface area contributed by atoms with Crippen molar-refractivity contribution in [3.63, 3.8) is 0 Å². The Kier molecular flexibility index (Phi) is 3.58. The summed E-state index contributed by atoms with van der Waals surface area (Å²) in [6.45, 7) is 10.7. The first-order valence-corrected chi connectivity index (χ1v) is 8.84. The maximum atomic E-state index is 12.0. The molecule has 3 unspecified atom stereocenters. The molecule has 5 atom stereocenters. The van der Waals surface area contributed by atoms with E-state index in [-0.39, 0.29) is 10.8 Å². The van der Waals surface area contributed by atoms with Crippen LogP contribution in [-0.2, 0) is 4.79 Å². The summed E-state index contributed by atoms with van der Waals surface area (Å²) in [5, 5.41) is 9.84. The van der Waals surface area contributed by atoms with Gasteiger partial charge in [-0.25, -0.2) is 0 Å². The Morgan fingerprint density at radius 2 is 2.00 bits per heavy atom. The number of hydrogen-bond acceptors (Lipinski definition) is 1. The molecular weight excluding hydrogens is 272 g/mol. The van der Waals surface area contributed by atoms with E-state index in [4.69, 9.17) is 0 Å². The van der Waals surface area contributed by atoms with Gasteiger partial charge in [0.2, 0.25) is 0 Å². The lowest BCUT2D eigenvalue weighted by molar-refractivity contribution is -0.164. The molecule has 3 aliphatic rings. The number of fused-ring (bicyclic) bond motifs is 3. The zero-order chi connectivity index (χ0) is 16.2. The quantitative estimate of drug-likeness (QED) is 0.711. The molecule has 0 aromatic rings. The molecule has 122 valence electrons. The molecule has 1 N–H and O–H groups in total. The van der Waals surface area contributed by atoms with E-state index in [0.29, 0.717) is 11.8 Å². The van der Waals surface area contributed by atoms with Crippen LogP contribution in [0.15, 0.2) is 24.3 Å². The van der Waals surface area contributed by atoms with Gasteiger partial charge >= 0.3 is 5.97 Å². The van der Waals surface area contributed by atoms with Crippen molar-refractivity contribution in [2.75, 3.05) is 0 Å². The zero-order valence-electron chi connectivity index (χ0n) is 14.3. The Balaban J connectivity index is 1.99. The van der Waals surface area contributed by atoms with Crippen molar-refractivity contribution in [2.24, 2.45) is 28.1 Å². The van der Waals surface area contributed by atoms with E-state index in [0.717, 1.165) is 32.1 Å². The number of hydrogen-bond donors (Lipinski definition) is 1. The summed E-state index contributed by atoms with van der Waals surface area (Å²) in [5.74, 6) is 0.322. The summed E-state index contributed by atoms with van der Waals surface area (Å²) in [5.41, 5.74) is 1.36. The van der Waals surface area contributed by atoms with Gasteiger partial charge < -0.3 is 5.11 Å². The second-order valence-corrected chi connectivity index (χ2v) is 8.69. The fraction of sp³-hybridized carbons (Fsp3) is 0.750. The molecule has 0 aromatic heterocycles. The highest BCUT2D eigenvalue weighted by Crippen LogP contribution is 2.63. The van der Waals surface area contributed by atoms with E-state index in [1.807, 2.05) is 6.92 Å². The summed E-state index contributed by atoms with van der Waals surface area (Å²) in [7, 11) is 0. The predicted molar refractivity (Wildman–Crippen MR) is 89.5 cm³/mol. The van der Waals surface area contributed by atoms with Crippen molar-refractivity contribution in [2.45, 2.75) is 65.7 Å². The lowest BCUT2D eigenvalue weighted by Crippen LogP contribution is -2.54. The van der Waals surface area contributed by atoms with E-state index in [2.05, 4.69) is 32.6 Å². The van der Waals surface area contributed by atoms with Crippen LogP contribution in [0.3, 0.4) is 0 Å². The minimum Gasteiger partial charge on any atom is -0.481 e. The van der Waals surface area contributed by atoms with Crippen LogP contribution in [0, 0.1) is 28.1 Å². The van der Waals surface area contributed by atoms with Crippen molar-refractivity contribution in [3.8, 4) is 0 Å². The molecule has 0 bridgehead atoms. The van der Waals surface area contributed by atoms with Gasteiger partial charge in [0, 0.05) is 5.41 Å². The number of aliphatic carboxylic acids is 1. The first-order chi connectivity index (χ1) is 10.3. The van der Waals surface area contributed by atoms with Gasteiger partial charge in [-0.3, -0.25) is 4.79 Å². The topological polar surface area (TPSA) is 37.3 Å². The van der Waals surface area contributed by atoms with Crippen LogP contribution in [0.4, 0.5) is 0 Å². The Morgan fingerprint density at radius 3 is 2.64 bits per heavy atom. The molecule has 0 spiro atoms. The minimum atomic E-state index is -0.581. The fourth-order valence-electron chi connectivity index (χ4n) is 5.94. The monoisotopic (exact) mass is 302 g/mol. The van der Waals surface area contributed by atoms with Gasteiger partial charge in [0.1, 0.15) is 0 Å². The summed E-state index contributed by atoms with van der Waals surface area (Å²) in [6.07, 6.45) is 12.1. The zero-order valence-corrected chi connectivity index (χ0v) is 14.3. The highest BCUT2D eigenvalue weighted by Gasteiger charge is 2.58. The van der Waals surface area contributed by atoms with Crippen molar-refractivity contribution in [3.05, 3.63) is 24.3 Å². The smallest absolute Gasteiger partial charge is 0.309 e. The van der Waals surface area contributed by atoms with E-state index in [9.17, 15) is 9.90 Å². The van der Waals surface area contributed by atoms with Gasteiger partial charge in [0.15, 0.2) is 0 Å². The highest BCUT2D eigenvalue weighted by molar-refractivity contribution is 5.75. The van der Waals surface area contributed by atoms with Gasteiger partial charge in [0.25, 0.3) is 0 Å². The normalized spacial score (nSPS) is 47.9. The Bertz CT molecular complexity index is 534. The second-order valence-electron chi connectivity index (χ2n) is 8.69. The van der Waals surface area contributed by atoms with Crippen LogP contribution in [0.25, 0.3) is 0 Å². The molecule has 2 nitrogen and oxygen atoms in total. The maximum Gasteiger partial charge on any atom is 0.309 e. The second kappa shape index (κ2) is 4.97. The van der Waals surface area contributed by atoms with E-state index < -0.39 is 11.4 Å². The van der Waals surface area contributed by atoms with Crippen LogP contribution < -0.4 is 0 Å². The summed E-state index contributed by atoms with van der Waals surface area (Å²) in [6, 6.07) is 0. The predicted octanol–water partition coefficient (Wildman–Crippen LogP) is 5.21. The average Bonchev–Trinajstić information content (AvgIpc) is 2.46. The number of rotatable bonds is 2. The van der Waals surface area contributed by atoms with Crippen LogP contribution in [-0.4, -0.2) is 11.1 Å². The first-order valence-electron chi connectivity index (χ1n) is 8.84. The van der Waals surface area contributed by atoms with Gasteiger partial charge in [-0.15, -0.1) is 6.58 Å². The number of allylic oxidation sites excluding steroid dienone is 3. The number of carboxylic acid groups (broad SMARTS) is 1. The molecule has 0 radical (unpaired) electrons. The van der Waals surface area contributed by atoms with Crippen LogP contribution in [0.2, 0.25) is 0 Å². The molecule has 2 fully saturated rings. The van der Waals surface area contributed by atoms with Gasteiger partial charge in [0.05, 0.1) is 5.41 Å². The molecule has 2 heteroatoms. The average molecular weight is 302 g/mol. The van der Waals surface area contributed by atoms with Crippen molar-refractivity contribution in [1.29, 1.82) is 0 Å². The molecule has 3 rings (SSSR count). The summed E-state index contributed by atoms with van der Waals surface area (Å²) >= 11 is 0. The van der Waals surface area contributed by atoms with Gasteiger partial charge in [-0.1, -0.05) is 38.0 Å². The first kappa shape index (κ1) is 15.8. The largest absolute Gasteiger partial charge is 0.481 e. The highest BCUT2D eigenvalue weighted by atomic mass is 16.4. The van der Waals surface area contributed by atoms with E-state index >= 15 is 0 Å². The SMILES string of the molecule is C=C[C@@]1(C)C=C2CCC3C(C)(CCC[C@@]3(C)C(=O)O)C2CC1. The number of carbonyl (C=O) groups is 1. The lowest BCUT2D eigenvalue weighted by atomic mass is 9.45. The van der Waals surface area contributed by atoms with Crippen LogP contribution in [0.1, 0.15) is 65.7 Å².